The van der Waals surface area contributed by atoms with Crippen LogP contribution in [0.2, 0.25) is 5.02 Å². The van der Waals surface area contributed by atoms with Gasteiger partial charge in [0, 0.05) is 12.1 Å². The molecule has 4 rings (SSSR count). The zero-order valence-corrected chi connectivity index (χ0v) is 19.8. The Morgan fingerprint density at radius 3 is 2.56 bits per heavy atom. The molecule has 0 spiro atoms. The summed E-state index contributed by atoms with van der Waals surface area (Å²) >= 11 is 7.24. The van der Waals surface area contributed by atoms with Crippen molar-refractivity contribution >= 4 is 51.5 Å². The molecule has 1 aromatic heterocycles. The average Bonchev–Trinajstić information content (AvgIpc) is 2.81. The van der Waals surface area contributed by atoms with E-state index in [2.05, 4.69) is 10.3 Å². The first-order valence-corrected chi connectivity index (χ1v) is 11.5. The summed E-state index contributed by atoms with van der Waals surface area (Å²) in [6.45, 7) is 3.58. The van der Waals surface area contributed by atoms with Gasteiger partial charge in [0.15, 0.2) is 5.16 Å². The molecule has 1 amide bonds. The normalized spacial score (nSPS) is 11.9. The molecule has 1 N–H and O–H groups in total. The van der Waals surface area contributed by atoms with Crippen LogP contribution in [0.5, 0.6) is 0 Å². The van der Waals surface area contributed by atoms with Crippen molar-refractivity contribution in [3.05, 3.63) is 97.8 Å². The van der Waals surface area contributed by atoms with Gasteiger partial charge in [0.2, 0.25) is 5.91 Å². The number of benzene rings is 3. The average molecular weight is 495 g/mol. The maximum absolute atomic E-state index is 13.4. The van der Waals surface area contributed by atoms with E-state index in [0.29, 0.717) is 21.7 Å². The maximum Gasteiger partial charge on any atom is 0.271 e. The number of halogens is 1. The first-order chi connectivity index (χ1) is 16.3. The fourth-order valence-corrected chi connectivity index (χ4v) is 4.53. The number of fused-ring (bicyclic) bond motifs is 1. The number of hydrogen-bond acceptors (Lipinski definition) is 6. The fraction of sp³-hybridized carbons (Fsp3) is 0.125. The van der Waals surface area contributed by atoms with Gasteiger partial charge in [0.25, 0.3) is 11.2 Å². The second kappa shape index (κ2) is 9.66. The third-order valence-corrected chi connectivity index (χ3v) is 6.54. The van der Waals surface area contributed by atoms with Crippen molar-refractivity contribution in [1.29, 1.82) is 0 Å². The highest BCUT2D eigenvalue weighted by Gasteiger charge is 2.22. The summed E-state index contributed by atoms with van der Waals surface area (Å²) in [5.41, 5.74) is 1.96. The zero-order chi connectivity index (χ0) is 24.4. The van der Waals surface area contributed by atoms with Crippen molar-refractivity contribution in [3.8, 4) is 5.69 Å². The number of hydrogen-bond donors (Lipinski definition) is 1. The van der Waals surface area contributed by atoms with Crippen LogP contribution < -0.4 is 10.9 Å². The molecule has 1 heterocycles. The lowest BCUT2D eigenvalue weighted by molar-refractivity contribution is -0.384. The molecule has 0 saturated heterocycles. The van der Waals surface area contributed by atoms with Gasteiger partial charge in [-0.05, 0) is 43.7 Å². The van der Waals surface area contributed by atoms with E-state index in [-0.39, 0.29) is 27.9 Å². The van der Waals surface area contributed by atoms with Crippen LogP contribution in [-0.2, 0) is 4.79 Å². The summed E-state index contributed by atoms with van der Waals surface area (Å²) in [5.74, 6) is -0.389. The molecule has 0 aliphatic heterocycles. The number of para-hydroxylation sites is 2. The summed E-state index contributed by atoms with van der Waals surface area (Å²) in [5, 5.41) is 13.8. The van der Waals surface area contributed by atoms with Crippen LogP contribution in [0.1, 0.15) is 12.5 Å². The third kappa shape index (κ3) is 4.66. The van der Waals surface area contributed by atoms with Gasteiger partial charge in [-0.25, -0.2) is 4.98 Å². The molecule has 1 unspecified atom stereocenters. The maximum atomic E-state index is 13.4. The Balaban J connectivity index is 1.69. The molecule has 4 aromatic rings. The quantitative estimate of drug-likeness (QED) is 0.167. The second-order valence-corrected chi connectivity index (χ2v) is 9.22. The molecule has 8 nitrogen and oxygen atoms in total. The van der Waals surface area contributed by atoms with Crippen LogP contribution in [0.25, 0.3) is 16.6 Å². The number of anilines is 1. The Morgan fingerprint density at radius 1 is 1.15 bits per heavy atom. The number of carbonyl (C=O) groups excluding carboxylic acids is 1. The highest BCUT2D eigenvalue weighted by molar-refractivity contribution is 8.00. The minimum atomic E-state index is -0.658. The number of non-ortho nitro benzene ring substituents is 1. The van der Waals surface area contributed by atoms with Crippen molar-refractivity contribution in [1.82, 2.24) is 9.55 Å². The Morgan fingerprint density at radius 2 is 1.85 bits per heavy atom. The number of nitro groups is 1. The summed E-state index contributed by atoms with van der Waals surface area (Å²) in [4.78, 5) is 41.4. The van der Waals surface area contributed by atoms with Gasteiger partial charge in [-0.2, -0.15) is 0 Å². The molecular weight excluding hydrogens is 476 g/mol. The second-order valence-electron chi connectivity index (χ2n) is 7.51. The number of nitro benzene ring substituents is 1. The van der Waals surface area contributed by atoms with Gasteiger partial charge in [-0.15, -0.1) is 0 Å². The summed E-state index contributed by atoms with van der Waals surface area (Å²) < 4.78 is 1.52. The number of nitrogens with zero attached hydrogens (tertiary/aromatic N) is 3. The summed E-state index contributed by atoms with van der Waals surface area (Å²) in [6, 6.07) is 18.3. The number of aryl methyl sites for hydroxylation is 1. The molecule has 0 bridgehead atoms. The number of nitrogens with one attached hydrogen (secondary N) is 1. The largest absolute Gasteiger partial charge is 0.324 e. The molecule has 1 atom stereocenters. The Kier molecular flexibility index (Phi) is 6.67. The minimum absolute atomic E-state index is 0.0559. The van der Waals surface area contributed by atoms with Crippen LogP contribution in [-0.4, -0.2) is 25.6 Å². The molecule has 3 aromatic carbocycles. The highest BCUT2D eigenvalue weighted by atomic mass is 35.5. The van der Waals surface area contributed by atoms with Crippen LogP contribution >= 0.6 is 23.4 Å². The minimum Gasteiger partial charge on any atom is -0.324 e. The standard InChI is InChI=1S/C24H19ClN4O4S/c1-14-7-3-6-10-21(14)28-23(31)17-8-4-5-9-19(17)27-24(28)34-15(2)22(30)26-20-12-11-16(29(32)33)13-18(20)25/h3-13,15H,1-2H3,(H,26,30). The van der Waals surface area contributed by atoms with Crippen LogP contribution in [0.15, 0.2) is 76.7 Å². The van der Waals surface area contributed by atoms with Crippen LogP contribution in [0, 0.1) is 17.0 Å². The van der Waals surface area contributed by atoms with Crippen molar-refractivity contribution in [2.24, 2.45) is 0 Å². The van der Waals surface area contributed by atoms with E-state index >= 15 is 0 Å². The van der Waals surface area contributed by atoms with E-state index in [1.165, 1.54) is 22.8 Å². The predicted molar refractivity (Wildman–Crippen MR) is 134 cm³/mol. The SMILES string of the molecule is Cc1ccccc1-n1c(SC(C)C(=O)Nc2ccc([N+](=O)[O-])cc2Cl)nc2ccccc2c1=O. The van der Waals surface area contributed by atoms with E-state index < -0.39 is 10.2 Å². The molecule has 172 valence electrons. The first kappa shape index (κ1) is 23.5. The Bertz CT molecular complexity index is 1490. The first-order valence-electron chi connectivity index (χ1n) is 10.3. The number of aromatic nitrogens is 2. The molecule has 0 saturated carbocycles. The Hall–Kier alpha value is -3.69. The predicted octanol–water partition coefficient (Wildman–Crippen LogP) is 5.38. The lowest BCUT2D eigenvalue weighted by Crippen LogP contribution is -2.26. The number of amides is 1. The van der Waals surface area contributed by atoms with E-state index in [9.17, 15) is 19.7 Å². The van der Waals surface area contributed by atoms with E-state index in [0.717, 1.165) is 17.3 Å². The monoisotopic (exact) mass is 494 g/mol. The van der Waals surface area contributed by atoms with Gasteiger partial charge < -0.3 is 5.32 Å². The van der Waals surface area contributed by atoms with Crippen molar-refractivity contribution in [2.45, 2.75) is 24.3 Å². The molecular formula is C24H19ClN4O4S. The van der Waals surface area contributed by atoms with Gasteiger partial charge in [0.05, 0.1) is 37.5 Å². The van der Waals surface area contributed by atoms with Crippen molar-refractivity contribution in [2.75, 3.05) is 5.32 Å². The summed E-state index contributed by atoms with van der Waals surface area (Å²) in [7, 11) is 0. The number of rotatable bonds is 6. The molecule has 0 aliphatic carbocycles. The lowest BCUT2D eigenvalue weighted by Gasteiger charge is -2.18. The number of thioether (sulfide) groups is 1. The topological polar surface area (TPSA) is 107 Å². The molecule has 0 fully saturated rings. The zero-order valence-electron chi connectivity index (χ0n) is 18.2. The van der Waals surface area contributed by atoms with Gasteiger partial charge in [-0.1, -0.05) is 53.7 Å². The van der Waals surface area contributed by atoms with Crippen molar-refractivity contribution < 1.29 is 9.72 Å². The van der Waals surface area contributed by atoms with Crippen molar-refractivity contribution in [3.63, 3.8) is 0 Å². The molecule has 0 radical (unpaired) electrons. The van der Waals surface area contributed by atoms with Crippen LogP contribution in [0.4, 0.5) is 11.4 Å². The lowest BCUT2D eigenvalue weighted by atomic mass is 10.2. The van der Waals surface area contributed by atoms with E-state index in [1.54, 1.807) is 31.2 Å². The van der Waals surface area contributed by atoms with E-state index in [1.807, 2.05) is 31.2 Å². The fourth-order valence-electron chi connectivity index (χ4n) is 3.38. The van der Waals surface area contributed by atoms with Gasteiger partial charge in [0.1, 0.15) is 0 Å². The number of carbonyl (C=O) groups is 1. The highest BCUT2D eigenvalue weighted by Crippen LogP contribution is 2.30. The summed E-state index contributed by atoms with van der Waals surface area (Å²) in [6.07, 6.45) is 0. The van der Waals surface area contributed by atoms with Crippen LogP contribution in [0.3, 0.4) is 0 Å². The van der Waals surface area contributed by atoms with Gasteiger partial charge in [-0.3, -0.25) is 24.3 Å². The smallest absolute Gasteiger partial charge is 0.271 e. The Labute approximate surface area is 203 Å². The molecule has 34 heavy (non-hydrogen) atoms. The van der Waals surface area contributed by atoms with E-state index in [4.69, 9.17) is 11.6 Å². The third-order valence-electron chi connectivity index (χ3n) is 5.17. The molecule has 0 aliphatic rings. The van der Waals surface area contributed by atoms with Gasteiger partial charge >= 0.3 is 0 Å². The molecule has 10 heteroatoms.